The van der Waals surface area contributed by atoms with E-state index in [9.17, 15) is 4.79 Å². The van der Waals surface area contributed by atoms with Crippen molar-refractivity contribution in [3.8, 4) is 0 Å². The number of hydrogen-bond acceptors (Lipinski definition) is 3. The van der Waals surface area contributed by atoms with Crippen LogP contribution in [0, 0.1) is 5.92 Å². The van der Waals surface area contributed by atoms with E-state index < -0.39 is 0 Å². The summed E-state index contributed by atoms with van der Waals surface area (Å²) < 4.78 is 5.46. The summed E-state index contributed by atoms with van der Waals surface area (Å²) in [5, 5.41) is 3.48. The minimum absolute atomic E-state index is 0.0728. The highest BCUT2D eigenvalue weighted by Gasteiger charge is 2.33. The number of amides is 1. The summed E-state index contributed by atoms with van der Waals surface area (Å²) in [7, 11) is 1.92. The fraction of sp³-hybridized carbons (Fsp3) is 0.923. The normalized spacial score (nSPS) is 33.6. The SMILES string of the molecule is CC1OCCC1C(=O)N(C)CC1CCCCN1. The van der Waals surface area contributed by atoms with E-state index in [4.69, 9.17) is 4.74 Å². The largest absolute Gasteiger partial charge is 0.378 e. The molecule has 2 heterocycles. The second kappa shape index (κ2) is 5.83. The molecule has 0 aromatic heterocycles. The fourth-order valence-electron chi connectivity index (χ4n) is 2.84. The minimum Gasteiger partial charge on any atom is -0.378 e. The zero-order valence-electron chi connectivity index (χ0n) is 10.9. The number of nitrogens with zero attached hydrogens (tertiary/aromatic N) is 1. The summed E-state index contributed by atoms with van der Waals surface area (Å²) in [6.45, 7) is 4.66. The third-order valence-electron chi connectivity index (χ3n) is 3.98. The third kappa shape index (κ3) is 3.19. The molecule has 4 nitrogen and oxygen atoms in total. The van der Waals surface area contributed by atoms with Gasteiger partial charge >= 0.3 is 0 Å². The highest BCUT2D eigenvalue weighted by molar-refractivity contribution is 5.79. The van der Waals surface area contributed by atoms with Crippen LogP contribution in [0.4, 0.5) is 0 Å². The van der Waals surface area contributed by atoms with E-state index in [-0.39, 0.29) is 17.9 Å². The summed E-state index contributed by atoms with van der Waals surface area (Å²) in [4.78, 5) is 14.1. The zero-order chi connectivity index (χ0) is 12.3. The Hall–Kier alpha value is -0.610. The van der Waals surface area contributed by atoms with Crippen molar-refractivity contribution in [2.75, 3.05) is 26.7 Å². The molecule has 98 valence electrons. The number of carbonyl (C=O) groups is 1. The summed E-state index contributed by atoms with van der Waals surface area (Å²) >= 11 is 0. The fourth-order valence-corrected chi connectivity index (χ4v) is 2.84. The third-order valence-corrected chi connectivity index (χ3v) is 3.98. The summed E-state index contributed by atoms with van der Waals surface area (Å²) in [5.74, 6) is 0.325. The van der Waals surface area contributed by atoms with Gasteiger partial charge in [0.1, 0.15) is 0 Å². The van der Waals surface area contributed by atoms with Crippen LogP contribution in [0.2, 0.25) is 0 Å². The van der Waals surface area contributed by atoms with Crippen LogP contribution in [0.1, 0.15) is 32.6 Å². The first-order chi connectivity index (χ1) is 8.18. The van der Waals surface area contributed by atoms with Crippen LogP contribution in [0.15, 0.2) is 0 Å². The van der Waals surface area contributed by atoms with E-state index in [1.54, 1.807) is 0 Å². The summed E-state index contributed by atoms with van der Waals surface area (Å²) in [6, 6.07) is 0.482. The van der Waals surface area contributed by atoms with Gasteiger partial charge in [0, 0.05) is 26.2 Å². The van der Waals surface area contributed by atoms with Crippen LogP contribution < -0.4 is 5.32 Å². The highest BCUT2D eigenvalue weighted by Crippen LogP contribution is 2.22. The van der Waals surface area contributed by atoms with Crippen LogP contribution in [-0.4, -0.2) is 49.7 Å². The molecule has 0 aromatic rings. The molecule has 2 saturated heterocycles. The van der Waals surface area contributed by atoms with Crippen LogP contribution in [-0.2, 0) is 9.53 Å². The second-order valence-corrected chi connectivity index (χ2v) is 5.34. The van der Waals surface area contributed by atoms with E-state index >= 15 is 0 Å². The first kappa shape index (κ1) is 12.8. The molecule has 17 heavy (non-hydrogen) atoms. The summed E-state index contributed by atoms with van der Waals surface area (Å²) in [5.41, 5.74) is 0. The molecule has 0 radical (unpaired) electrons. The molecule has 1 amide bonds. The van der Waals surface area contributed by atoms with E-state index in [2.05, 4.69) is 5.32 Å². The molecule has 3 atom stereocenters. The second-order valence-electron chi connectivity index (χ2n) is 5.34. The number of hydrogen-bond donors (Lipinski definition) is 1. The quantitative estimate of drug-likeness (QED) is 0.800. The summed E-state index contributed by atoms with van der Waals surface area (Å²) in [6.07, 6.45) is 4.70. The van der Waals surface area contributed by atoms with Gasteiger partial charge in [-0.2, -0.15) is 0 Å². The van der Waals surface area contributed by atoms with Gasteiger partial charge in [-0.1, -0.05) is 6.42 Å². The average Bonchev–Trinajstić information content (AvgIpc) is 2.76. The predicted molar refractivity (Wildman–Crippen MR) is 66.8 cm³/mol. The number of likely N-dealkylation sites (N-methyl/N-ethyl adjacent to an activating group) is 1. The van der Waals surface area contributed by atoms with Crippen molar-refractivity contribution in [2.24, 2.45) is 5.92 Å². The number of piperidine rings is 1. The minimum atomic E-state index is 0.0728. The van der Waals surface area contributed by atoms with Crippen LogP contribution in [0.3, 0.4) is 0 Å². The molecule has 2 rings (SSSR count). The van der Waals surface area contributed by atoms with Crippen molar-refractivity contribution in [3.05, 3.63) is 0 Å². The predicted octanol–water partition coefficient (Wildman–Crippen LogP) is 1.01. The lowest BCUT2D eigenvalue weighted by Crippen LogP contribution is -2.46. The Kier molecular flexibility index (Phi) is 4.40. The highest BCUT2D eigenvalue weighted by atomic mass is 16.5. The monoisotopic (exact) mass is 240 g/mol. The van der Waals surface area contributed by atoms with E-state index in [1.165, 1.54) is 19.3 Å². The van der Waals surface area contributed by atoms with Gasteiger partial charge in [-0.15, -0.1) is 0 Å². The molecule has 2 aliphatic rings. The average molecular weight is 240 g/mol. The van der Waals surface area contributed by atoms with Crippen LogP contribution >= 0.6 is 0 Å². The maximum absolute atomic E-state index is 12.2. The van der Waals surface area contributed by atoms with Gasteiger partial charge in [0.05, 0.1) is 12.0 Å². The maximum Gasteiger partial charge on any atom is 0.228 e. The van der Waals surface area contributed by atoms with Gasteiger partial charge < -0.3 is 15.0 Å². The Bertz CT molecular complexity index is 264. The lowest BCUT2D eigenvalue weighted by Gasteiger charge is -2.30. The molecule has 0 aliphatic carbocycles. The molecular formula is C13H24N2O2. The lowest BCUT2D eigenvalue weighted by molar-refractivity contribution is -0.136. The number of ether oxygens (including phenoxy) is 1. The molecule has 3 unspecified atom stereocenters. The standard InChI is InChI=1S/C13H24N2O2/c1-10-12(6-8-17-10)13(16)15(2)9-11-5-3-4-7-14-11/h10-12,14H,3-9H2,1-2H3. The van der Waals surface area contributed by atoms with E-state index in [1.807, 2.05) is 18.9 Å². The smallest absolute Gasteiger partial charge is 0.228 e. The van der Waals surface area contributed by atoms with Gasteiger partial charge in [-0.05, 0) is 32.7 Å². The Labute approximate surface area is 104 Å². The molecule has 4 heteroatoms. The van der Waals surface area contributed by atoms with Gasteiger partial charge in [0.25, 0.3) is 0 Å². The van der Waals surface area contributed by atoms with Crippen molar-refractivity contribution in [1.29, 1.82) is 0 Å². The Morgan fingerprint density at radius 2 is 2.24 bits per heavy atom. The van der Waals surface area contributed by atoms with Crippen molar-refractivity contribution >= 4 is 5.91 Å². The van der Waals surface area contributed by atoms with Crippen molar-refractivity contribution in [2.45, 2.75) is 44.8 Å². The first-order valence-corrected chi connectivity index (χ1v) is 6.78. The molecule has 2 fully saturated rings. The maximum atomic E-state index is 12.2. The first-order valence-electron chi connectivity index (χ1n) is 6.78. The van der Waals surface area contributed by atoms with E-state index in [0.29, 0.717) is 6.04 Å². The molecule has 0 saturated carbocycles. The number of carbonyl (C=O) groups excluding carboxylic acids is 1. The topological polar surface area (TPSA) is 41.6 Å². The molecule has 2 aliphatic heterocycles. The molecule has 0 spiro atoms. The number of nitrogens with one attached hydrogen (secondary N) is 1. The van der Waals surface area contributed by atoms with Crippen molar-refractivity contribution in [1.82, 2.24) is 10.2 Å². The molecule has 0 bridgehead atoms. The Morgan fingerprint density at radius 1 is 1.41 bits per heavy atom. The van der Waals surface area contributed by atoms with Gasteiger partial charge in [0.2, 0.25) is 5.91 Å². The molecule has 1 N–H and O–H groups in total. The van der Waals surface area contributed by atoms with Gasteiger partial charge in [-0.3, -0.25) is 4.79 Å². The van der Waals surface area contributed by atoms with E-state index in [0.717, 1.165) is 26.1 Å². The molecule has 0 aromatic carbocycles. The zero-order valence-corrected chi connectivity index (χ0v) is 10.9. The lowest BCUT2D eigenvalue weighted by atomic mass is 10.00. The Balaban J connectivity index is 1.81. The van der Waals surface area contributed by atoms with Gasteiger partial charge in [-0.25, -0.2) is 0 Å². The van der Waals surface area contributed by atoms with Gasteiger partial charge in [0.15, 0.2) is 0 Å². The number of rotatable bonds is 3. The van der Waals surface area contributed by atoms with Crippen LogP contribution in [0.25, 0.3) is 0 Å². The van der Waals surface area contributed by atoms with Crippen molar-refractivity contribution < 1.29 is 9.53 Å². The van der Waals surface area contributed by atoms with Crippen LogP contribution in [0.5, 0.6) is 0 Å². The Morgan fingerprint density at radius 3 is 2.82 bits per heavy atom. The van der Waals surface area contributed by atoms with Crippen molar-refractivity contribution in [3.63, 3.8) is 0 Å². The molecular weight excluding hydrogens is 216 g/mol.